The van der Waals surface area contributed by atoms with E-state index in [2.05, 4.69) is 91.9 Å². The summed E-state index contributed by atoms with van der Waals surface area (Å²) in [6.07, 6.45) is 1.65. The van der Waals surface area contributed by atoms with Crippen molar-refractivity contribution in [1.82, 2.24) is 0 Å². The quantitative estimate of drug-likeness (QED) is 0.157. The summed E-state index contributed by atoms with van der Waals surface area (Å²) in [5, 5.41) is 0. The lowest BCUT2D eigenvalue weighted by atomic mass is 9.86. The molecule has 0 atom stereocenters. The standard InChI is InChI=1S/C46H36F2/c1-3-14-41-40(37-22-11-20-35(28-37)33-17-8-5-9-18-33)25-13-26-42(41)44-29-43(45(47)30-46(44)48)39-24-12-23-38(31(39)2)36-21-10-19-34(27-36)32-15-6-4-7-16-32/h4-13,15-30H,3,14H2,1-2H3. The van der Waals surface area contributed by atoms with E-state index in [-0.39, 0.29) is 0 Å². The van der Waals surface area contributed by atoms with E-state index in [1.54, 1.807) is 6.07 Å². The van der Waals surface area contributed by atoms with Gasteiger partial charge in [0.1, 0.15) is 11.6 Å². The molecular formula is C46H36F2. The monoisotopic (exact) mass is 626 g/mol. The SMILES string of the molecule is CCCc1c(-c2cccc(-c3ccccc3)c2)cccc1-c1cc(-c2cccc(-c3cccc(-c4ccccc4)c3)c2C)c(F)cc1F. The molecule has 0 N–H and O–H groups in total. The maximum absolute atomic E-state index is 15.9. The van der Waals surface area contributed by atoms with Crippen molar-refractivity contribution in [2.45, 2.75) is 26.7 Å². The minimum absolute atomic E-state index is 0.392. The molecule has 2 heteroatoms. The Morgan fingerprint density at radius 3 is 1.40 bits per heavy atom. The Balaban J connectivity index is 1.33. The van der Waals surface area contributed by atoms with E-state index in [0.29, 0.717) is 11.1 Å². The van der Waals surface area contributed by atoms with Crippen LogP contribution in [0.15, 0.2) is 158 Å². The Morgan fingerprint density at radius 2 is 0.812 bits per heavy atom. The first-order valence-corrected chi connectivity index (χ1v) is 16.5. The molecule has 0 heterocycles. The Kier molecular flexibility index (Phi) is 8.81. The molecule has 0 saturated heterocycles. The minimum atomic E-state index is -0.571. The average Bonchev–Trinajstić information content (AvgIpc) is 3.13. The molecule has 0 saturated carbocycles. The molecule has 0 nitrogen and oxygen atoms in total. The predicted octanol–water partition coefficient (Wildman–Crippen LogP) is 13.2. The number of halogens is 2. The third-order valence-corrected chi connectivity index (χ3v) is 9.21. The highest BCUT2D eigenvalue weighted by Crippen LogP contribution is 2.40. The summed E-state index contributed by atoms with van der Waals surface area (Å²) in [7, 11) is 0. The summed E-state index contributed by atoms with van der Waals surface area (Å²) in [5.41, 5.74) is 13.1. The van der Waals surface area contributed by atoms with Crippen molar-refractivity contribution in [2.75, 3.05) is 0 Å². The van der Waals surface area contributed by atoms with E-state index >= 15 is 8.78 Å². The van der Waals surface area contributed by atoms with Gasteiger partial charge in [0.25, 0.3) is 0 Å². The van der Waals surface area contributed by atoms with Gasteiger partial charge in [-0.25, -0.2) is 8.78 Å². The molecule has 0 amide bonds. The van der Waals surface area contributed by atoms with Crippen LogP contribution in [0.4, 0.5) is 8.78 Å². The van der Waals surface area contributed by atoms with Crippen LogP contribution in [0.5, 0.6) is 0 Å². The van der Waals surface area contributed by atoms with Crippen LogP contribution >= 0.6 is 0 Å². The van der Waals surface area contributed by atoms with Gasteiger partial charge in [-0.15, -0.1) is 0 Å². The number of hydrogen-bond acceptors (Lipinski definition) is 0. The third kappa shape index (κ3) is 6.10. The zero-order valence-corrected chi connectivity index (χ0v) is 27.2. The smallest absolute Gasteiger partial charge is 0.133 e. The molecule has 48 heavy (non-hydrogen) atoms. The molecule has 0 radical (unpaired) electrons. The lowest BCUT2D eigenvalue weighted by Gasteiger charge is -2.18. The predicted molar refractivity (Wildman–Crippen MR) is 198 cm³/mol. The molecular weight excluding hydrogens is 591 g/mol. The lowest BCUT2D eigenvalue weighted by molar-refractivity contribution is 0.587. The fourth-order valence-corrected chi connectivity index (χ4v) is 6.82. The molecule has 7 aromatic rings. The zero-order valence-electron chi connectivity index (χ0n) is 27.2. The fourth-order valence-electron chi connectivity index (χ4n) is 6.82. The largest absolute Gasteiger partial charge is 0.206 e. The molecule has 0 bridgehead atoms. The summed E-state index contributed by atoms with van der Waals surface area (Å²) in [6, 6.07) is 52.2. The van der Waals surface area contributed by atoms with Crippen molar-refractivity contribution in [3.8, 4) is 66.8 Å². The second-order valence-electron chi connectivity index (χ2n) is 12.3. The van der Waals surface area contributed by atoms with Gasteiger partial charge in [0.15, 0.2) is 0 Å². The molecule has 7 rings (SSSR count). The van der Waals surface area contributed by atoms with Gasteiger partial charge < -0.3 is 0 Å². The molecule has 0 fully saturated rings. The summed E-state index contributed by atoms with van der Waals surface area (Å²) in [4.78, 5) is 0. The Bertz CT molecular complexity index is 2210. The van der Waals surface area contributed by atoms with Gasteiger partial charge in [0.2, 0.25) is 0 Å². The number of hydrogen-bond donors (Lipinski definition) is 0. The second kappa shape index (κ2) is 13.6. The summed E-state index contributed by atoms with van der Waals surface area (Å²) in [5.74, 6) is -1.13. The van der Waals surface area contributed by atoms with Gasteiger partial charge in [-0.05, 0) is 98.3 Å². The Hall–Kier alpha value is -5.60. The van der Waals surface area contributed by atoms with Crippen molar-refractivity contribution in [1.29, 1.82) is 0 Å². The first-order chi connectivity index (χ1) is 23.5. The first-order valence-electron chi connectivity index (χ1n) is 16.5. The highest BCUT2D eigenvalue weighted by atomic mass is 19.1. The normalized spacial score (nSPS) is 11.1. The van der Waals surface area contributed by atoms with Crippen LogP contribution in [0, 0.1) is 18.6 Å². The third-order valence-electron chi connectivity index (χ3n) is 9.21. The Morgan fingerprint density at radius 1 is 0.375 bits per heavy atom. The molecule has 0 aliphatic heterocycles. The highest BCUT2D eigenvalue weighted by Gasteiger charge is 2.20. The van der Waals surface area contributed by atoms with Crippen molar-refractivity contribution in [3.63, 3.8) is 0 Å². The maximum Gasteiger partial charge on any atom is 0.133 e. The van der Waals surface area contributed by atoms with Crippen LogP contribution < -0.4 is 0 Å². The van der Waals surface area contributed by atoms with Crippen LogP contribution in [0.3, 0.4) is 0 Å². The van der Waals surface area contributed by atoms with Crippen molar-refractivity contribution in [2.24, 2.45) is 0 Å². The van der Waals surface area contributed by atoms with E-state index in [0.717, 1.165) is 85.7 Å². The van der Waals surface area contributed by atoms with Gasteiger partial charge in [0.05, 0.1) is 0 Å². The number of benzene rings is 7. The van der Waals surface area contributed by atoms with Crippen molar-refractivity contribution < 1.29 is 8.78 Å². The Labute approximate surface area is 282 Å². The molecule has 0 aliphatic rings. The zero-order chi connectivity index (χ0) is 33.0. The van der Waals surface area contributed by atoms with Crippen molar-refractivity contribution >= 4 is 0 Å². The minimum Gasteiger partial charge on any atom is -0.206 e. The maximum atomic E-state index is 15.9. The van der Waals surface area contributed by atoms with E-state index in [1.165, 1.54) is 0 Å². The summed E-state index contributed by atoms with van der Waals surface area (Å²) >= 11 is 0. The van der Waals surface area contributed by atoms with E-state index in [9.17, 15) is 0 Å². The summed E-state index contributed by atoms with van der Waals surface area (Å²) in [6.45, 7) is 4.15. The van der Waals surface area contributed by atoms with Gasteiger partial charge in [-0.1, -0.05) is 147 Å². The first kappa shape index (κ1) is 31.0. The van der Waals surface area contributed by atoms with Crippen LogP contribution in [0.2, 0.25) is 0 Å². The van der Waals surface area contributed by atoms with Gasteiger partial charge >= 0.3 is 0 Å². The van der Waals surface area contributed by atoms with E-state index in [4.69, 9.17) is 0 Å². The van der Waals surface area contributed by atoms with E-state index < -0.39 is 11.6 Å². The van der Waals surface area contributed by atoms with E-state index in [1.807, 2.05) is 67.6 Å². The molecule has 0 aromatic heterocycles. The van der Waals surface area contributed by atoms with Crippen molar-refractivity contribution in [3.05, 3.63) is 180 Å². The molecule has 0 unspecified atom stereocenters. The van der Waals surface area contributed by atoms with Gasteiger partial charge in [-0.2, -0.15) is 0 Å². The highest BCUT2D eigenvalue weighted by molar-refractivity contribution is 5.86. The molecule has 0 aliphatic carbocycles. The van der Waals surface area contributed by atoms with Gasteiger partial charge in [-0.3, -0.25) is 0 Å². The molecule has 7 aromatic carbocycles. The topological polar surface area (TPSA) is 0 Å². The number of rotatable bonds is 8. The fraction of sp³-hybridized carbons (Fsp3) is 0.0870. The molecule has 0 spiro atoms. The summed E-state index contributed by atoms with van der Waals surface area (Å²) < 4.78 is 31.7. The van der Waals surface area contributed by atoms with Crippen LogP contribution in [0.25, 0.3) is 66.8 Å². The van der Waals surface area contributed by atoms with Crippen LogP contribution in [0.1, 0.15) is 24.5 Å². The molecule has 234 valence electrons. The lowest BCUT2D eigenvalue weighted by Crippen LogP contribution is -1.99. The van der Waals surface area contributed by atoms with Crippen LogP contribution in [-0.2, 0) is 6.42 Å². The second-order valence-corrected chi connectivity index (χ2v) is 12.3. The average molecular weight is 627 g/mol. The van der Waals surface area contributed by atoms with Gasteiger partial charge in [0, 0.05) is 17.2 Å². The van der Waals surface area contributed by atoms with Crippen LogP contribution in [-0.4, -0.2) is 0 Å².